The molecule has 1 aliphatic heterocycles. The van der Waals surface area contributed by atoms with Gasteiger partial charge in [-0.3, -0.25) is 14.2 Å². The number of hydrogen-bond donors (Lipinski definition) is 2. The minimum absolute atomic E-state index is 0.0385. The van der Waals surface area contributed by atoms with E-state index in [0.29, 0.717) is 11.5 Å². The zero-order valence-electron chi connectivity index (χ0n) is 31.4. The molecule has 2 aromatic heterocycles. The lowest BCUT2D eigenvalue weighted by atomic mass is 9.80. The van der Waals surface area contributed by atoms with Gasteiger partial charge >= 0.3 is 5.97 Å². The minimum Gasteiger partial charge on any atom is -0.497 e. The lowest BCUT2D eigenvalue weighted by molar-refractivity contribution is -0.159. The van der Waals surface area contributed by atoms with Crippen molar-refractivity contribution in [3.8, 4) is 11.5 Å². The van der Waals surface area contributed by atoms with E-state index in [0.717, 1.165) is 16.7 Å². The van der Waals surface area contributed by atoms with Crippen LogP contribution in [-0.4, -0.2) is 87.2 Å². The third-order valence-electron chi connectivity index (χ3n) is 9.49. The van der Waals surface area contributed by atoms with E-state index in [4.69, 9.17) is 23.7 Å². The maximum Gasteiger partial charge on any atom is 0.306 e. The second kappa shape index (κ2) is 17.6. The van der Waals surface area contributed by atoms with Gasteiger partial charge in [0.2, 0.25) is 5.91 Å². The standard InChI is InChI=1S/C41H43N5O10/c1-25(47)10-20-33(49)45-38-35-39(43-23-42-38)46(24-44-35)40-36(51)37(56-34(50)21-11-26(2)48)32(55-40)22-54-41(27-8-6-5-7-9-27,28-12-16-30(52-3)17-13-28)29-14-18-31(53-4)19-15-29/h5-9,12-19,23-24,32,36-37,40,51H,10-11,20-22H2,1-4H3,(H,42,43,45,49)/t32-,36-,37-,40-/m1/s1. The van der Waals surface area contributed by atoms with E-state index in [1.807, 2.05) is 78.9 Å². The number of anilines is 1. The van der Waals surface area contributed by atoms with Crippen molar-refractivity contribution in [2.45, 2.75) is 69.7 Å². The summed E-state index contributed by atoms with van der Waals surface area (Å²) in [4.78, 5) is 61.8. The summed E-state index contributed by atoms with van der Waals surface area (Å²) in [5.41, 5.74) is 1.42. The van der Waals surface area contributed by atoms with Gasteiger partial charge in [-0.25, -0.2) is 15.0 Å². The molecule has 3 heterocycles. The number of imidazole rings is 1. The number of ether oxygens (including phenoxy) is 5. The van der Waals surface area contributed by atoms with Gasteiger partial charge in [-0.2, -0.15) is 0 Å². The monoisotopic (exact) mass is 765 g/mol. The molecule has 0 bridgehead atoms. The minimum atomic E-state index is -1.46. The number of rotatable bonds is 17. The van der Waals surface area contributed by atoms with Crippen LogP contribution in [0.4, 0.5) is 5.82 Å². The van der Waals surface area contributed by atoms with Gasteiger partial charge in [0.05, 0.1) is 33.6 Å². The summed E-state index contributed by atoms with van der Waals surface area (Å²) < 4.78 is 31.8. The molecule has 1 fully saturated rings. The van der Waals surface area contributed by atoms with Gasteiger partial charge in [0.25, 0.3) is 0 Å². The van der Waals surface area contributed by atoms with Crippen molar-refractivity contribution in [1.29, 1.82) is 0 Å². The number of amides is 1. The molecule has 3 aromatic carbocycles. The summed E-state index contributed by atoms with van der Waals surface area (Å²) in [7, 11) is 3.17. The Hall–Kier alpha value is -6.03. The second-order valence-electron chi connectivity index (χ2n) is 13.3. The number of nitrogens with one attached hydrogen (secondary N) is 1. The van der Waals surface area contributed by atoms with Gasteiger partial charge in [0, 0.05) is 19.3 Å². The van der Waals surface area contributed by atoms with E-state index in [2.05, 4.69) is 20.3 Å². The van der Waals surface area contributed by atoms with Crippen LogP contribution in [0.1, 0.15) is 62.4 Å². The molecule has 2 N–H and O–H groups in total. The normalized spacial score (nSPS) is 18.0. The molecule has 0 aliphatic carbocycles. The molecule has 0 saturated carbocycles. The lowest BCUT2D eigenvalue weighted by Crippen LogP contribution is -2.41. The van der Waals surface area contributed by atoms with E-state index >= 15 is 0 Å². The molecule has 56 heavy (non-hydrogen) atoms. The SMILES string of the molecule is COc1ccc(C(OC[C@H]2O[C@@H](n3cnc4c(NC(=O)CCC(C)=O)ncnc43)[C@H](O)[C@@H]2OC(=O)CCC(C)=O)(c2ccccc2)c2ccc(OC)cc2)cc1. The van der Waals surface area contributed by atoms with Crippen LogP contribution < -0.4 is 14.8 Å². The van der Waals surface area contributed by atoms with Crippen LogP contribution in [0.2, 0.25) is 0 Å². The van der Waals surface area contributed by atoms with Crippen molar-refractivity contribution < 1.29 is 48.0 Å². The number of fused-ring (bicyclic) bond motifs is 1. The summed E-state index contributed by atoms with van der Waals surface area (Å²) in [5.74, 6) is -0.0687. The number of aliphatic hydroxyl groups is 1. The average Bonchev–Trinajstić information content (AvgIpc) is 3.78. The Kier molecular flexibility index (Phi) is 12.5. The number of hydrogen-bond acceptors (Lipinski definition) is 13. The number of aliphatic hydroxyl groups excluding tert-OH is 1. The average molecular weight is 766 g/mol. The third kappa shape index (κ3) is 8.59. The molecular formula is C41H43N5O10. The van der Waals surface area contributed by atoms with E-state index in [9.17, 15) is 24.3 Å². The van der Waals surface area contributed by atoms with Gasteiger partial charge in [-0.15, -0.1) is 0 Å². The summed E-state index contributed by atoms with van der Waals surface area (Å²) in [6.07, 6.45) is -2.58. The largest absolute Gasteiger partial charge is 0.497 e. The van der Waals surface area contributed by atoms with Crippen LogP contribution in [0.15, 0.2) is 91.5 Å². The lowest BCUT2D eigenvalue weighted by Gasteiger charge is -2.37. The van der Waals surface area contributed by atoms with Gasteiger partial charge in [-0.05, 0) is 54.8 Å². The Labute approximate surface area is 322 Å². The molecule has 0 unspecified atom stereocenters. The first-order chi connectivity index (χ1) is 27.0. The number of methoxy groups -OCH3 is 2. The van der Waals surface area contributed by atoms with Crippen molar-refractivity contribution >= 4 is 40.4 Å². The van der Waals surface area contributed by atoms with Crippen LogP contribution in [0, 0.1) is 0 Å². The number of carbonyl (C=O) groups is 4. The van der Waals surface area contributed by atoms with Crippen LogP contribution in [0.3, 0.4) is 0 Å². The Bertz CT molecular complexity index is 2110. The van der Waals surface area contributed by atoms with Gasteiger partial charge in [-0.1, -0.05) is 54.6 Å². The van der Waals surface area contributed by atoms with E-state index in [1.54, 1.807) is 14.2 Å². The zero-order chi connectivity index (χ0) is 39.8. The molecule has 0 radical (unpaired) electrons. The highest BCUT2D eigenvalue weighted by Gasteiger charge is 2.49. The summed E-state index contributed by atoms with van der Waals surface area (Å²) in [5, 5.41) is 14.5. The number of esters is 1. The van der Waals surface area contributed by atoms with Crippen molar-refractivity contribution in [3.63, 3.8) is 0 Å². The summed E-state index contributed by atoms with van der Waals surface area (Å²) in [6.45, 7) is 2.57. The van der Waals surface area contributed by atoms with Gasteiger partial charge in [0.1, 0.15) is 47.2 Å². The molecule has 1 saturated heterocycles. The fourth-order valence-electron chi connectivity index (χ4n) is 6.61. The van der Waals surface area contributed by atoms with Crippen molar-refractivity contribution in [3.05, 3.63) is 108 Å². The van der Waals surface area contributed by atoms with Crippen molar-refractivity contribution in [2.75, 3.05) is 26.1 Å². The Balaban J connectivity index is 1.38. The summed E-state index contributed by atoms with van der Waals surface area (Å²) in [6, 6.07) is 24.5. The number of nitrogens with zero attached hydrogens (tertiary/aromatic N) is 4. The Morgan fingerprint density at radius 2 is 1.38 bits per heavy atom. The smallest absolute Gasteiger partial charge is 0.306 e. The quantitative estimate of drug-likeness (QED) is 0.0980. The van der Waals surface area contributed by atoms with Crippen LogP contribution in [0.25, 0.3) is 11.2 Å². The molecule has 292 valence electrons. The number of carbonyl (C=O) groups excluding carboxylic acids is 4. The van der Waals surface area contributed by atoms with Gasteiger partial charge in [0.15, 0.2) is 29.3 Å². The van der Waals surface area contributed by atoms with Crippen LogP contribution in [-0.2, 0) is 39.0 Å². The van der Waals surface area contributed by atoms with E-state index in [1.165, 1.54) is 31.1 Å². The van der Waals surface area contributed by atoms with E-state index in [-0.39, 0.29) is 60.8 Å². The highest BCUT2D eigenvalue weighted by molar-refractivity contribution is 5.98. The maximum atomic E-state index is 13.1. The van der Waals surface area contributed by atoms with Crippen molar-refractivity contribution in [2.24, 2.45) is 0 Å². The van der Waals surface area contributed by atoms with Gasteiger partial charge < -0.3 is 43.7 Å². The Morgan fingerprint density at radius 3 is 1.96 bits per heavy atom. The predicted molar refractivity (Wildman–Crippen MR) is 202 cm³/mol. The fourth-order valence-corrected chi connectivity index (χ4v) is 6.61. The predicted octanol–water partition coefficient (Wildman–Crippen LogP) is 4.70. The molecule has 4 atom stereocenters. The maximum absolute atomic E-state index is 13.1. The first kappa shape index (κ1) is 39.7. The molecular weight excluding hydrogens is 722 g/mol. The van der Waals surface area contributed by atoms with Crippen LogP contribution >= 0.6 is 0 Å². The highest BCUT2D eigenvalue weighted by Crippen LogP contribution is 2.43. The summed E-state index contributed by atoms with van der Waals surface area (Å²) >= 11 is 0. The number of Topliss-reactive ketones (excluding diaryl/α,β-unsaturated/α-hetero) is 2. The molecule has 6 rings (SSSR count). The second-order valence-corrected chi connectivity index (χ2v) is 13.3. The highest BCUT2D eigenvalue weighted by atomic mass is 16.6. The zero-order valence-corrected chi connectivity index (χ0v) is 31.4. The third-order valence-corrected chi connectivity index (χ3v) is 9.49. The number of ketones is 2. The van der Waals surface area contributed by atoms with Crippen molar-refractivity contribution in [1.82, 2.24) is 19.5 Å². The Morgan fingerprint density at radius 1 is 0.786 bits per heavy atom. The molecule has 1 aliphatic rings. The van der Waals surface area contributed by atoms with E-state index < -0.39 is 42.0 Å². The molecule has 15 nitrogen and oxygen atoms in total. The number of benzene rings is 3. The number of aromatic nitrogens is 4. The molecule has 5 aromatic rings. The fraction of sp³-hybridized carbons (Fsp3) is 0.341. The first-order valence-electron chi connectivity index (χ1n) is 18.0. The first-order valence-corrected chi connectivity index (χ1v) is 18.0. The van der Waals surface area contributed by atoms with Crippen LogP contribution in [0.5, 0.6) is 11.5 Å². The molecule has 15 heteroatoms. The molecule has 0 spiro atoms. The topological polar surface area (TPSA) is 190 Å². The molecule has 1 amide bonds.